The van der Waals surface area contributed by atoms with Crippen molar-refractivity contribution in [2.24, 2.45) is 0 Å². The Balaban J connectivity index is 2.11. The Kier molecular flexibility index (Phi) is 4.39. The van der Waals surface area contributed by atoms with E-state index in [9.17, 15) is 4.79 Å². The fourth-order valence-electron chi connectivity index (χ4n) is 2.23. The Morgan fingerprint density at radius 1 is 1.53 bits per heavy atom. The molecule has 1 aliphatic rings. The molecular formula is C14H21N3O2. The van der Waals surface area contributed by atoms with Gasteiger partial charge in [0.2, 0.25) is 5.91 Å². The van der Waals surface area contributed by atoms with Gasteiger partial charge in [-0.3, -0.25) is 9.69 Å². The van der Waals surface area contributed by atoms with Gasteiger partial charge in [-0.2, -0.15) is 0 Å². The number of nitrogens with zero attached hydrogens (tertiary/aromatic N) is 1. The van der Waals surface area contributed by atoms with Crippen LogP contribution in [0.15, 0.2) is 18.2 Å². The molecule has 104 valence electrons. The van der Waals surface area contributed by atoms with Crippen LogP contribution in [0.1, 0.15) is 5.56 Å². The number of aryl methyl sites for hydroxylation is 1. The zero-order valence-electron chi connectivity index (χ0n) is 11.7. The molecule has 0 saturated carbocycles. The number of rotatable bonds is 3. The zero-order valence-corrected chi connectivity index (χ0v) is 11.7. The summed E-state index contributed by atoms with van der Waals surface area (Å²) in [7, 11) is 3.58. The number of hydrogen-bond acceptors (Lipinski definition) is 4. The third-order valence-corrected chi connectivity index (χ3v) is 3.43. The maximum Gasteiger partial charge on any atom is 0.243 e. The summed E-state index contributed by atoms with van der Waals surface area (Å²) in [5.41, 5.74) is 1.82. The summed E-state index contributed by atoms with van der Waals surface area (Å²) in [5, 5.41) is 6.19. The Labute approximate surface area is 113 Å². The van der Waals surface area contributed by atoms with E-state index in [2.05, 4.69) is 15.5 Å². The SMILES string of the molecule is COc1ccc(C)cc1NC(=O)C1CNCCN1C. The average molecular weight is 263 g/mol. The van der Waals surface area contributed by atoms with Crippen LogP contribution in [0, 0.1) is 6.92 Å². The molecule has 1 heterocycles. The number of anilines is 1. The Hall–Kier alpha value is -1.59. The molecule has 2 N–H and O–H groups in total. The number of likely N-dealkylation sites (N-methyl/N-ethyl adjacent to an activating group) is 1. The molecule has 1 amide bonds. The summed E-state index contributed by atoms with van der Waals surface area (Å²) in [6.07, 6.45) is 0. The molecule has 1 aromatic rings. The molecular weight excluding hydrogens is 242 g/mol. The summed E-state index contributed by atoms with van der Waals surface area (Å²) in [5.74, 6) is 0.684. The van der Waals surface area contributed by atoms with Crippen LogP contribution in [-0.2, 0) is 4.79 Å². The van der Waals surface area contributed by atoms with E-state index in [0.717, 1.165) is 24.3 Å². The highest BCUT2D eigenvalue weighted by atomic mass is 16.5. The lowest BCUT2D eigenvalue weighted by molar-refractivity contribution is -0.121. The maximum atomic E-state index is 12.3. The fourth-order valence-corrected chi connectivity index (χ4v) is 2.23. The molecule has 1 aromatic carbocycles. The number of methoxy groups -OCH3 is 1. The van der Waals surface area contributed by atoms with Crippen molar-refractivity contribution >= 4 is 11.6 Å². The standard InChI is InChI=1S/C14H21N3O2/c1-10-4-5-13(19-3)11(8-10)16-14(18)12-9-15-6-7-17(12)2/h4-5,8,12,15H,6-7,9H2,1-3H3,(H,16,18). The number of amides is 1. The maximum absolute atomic E-state index is 12.3. The summed E-state index contributed by atoms with van der Waals surface area (Å²) in [6, 6.07) is 5.61. The van der Waals surface area contributed by atoms with Crippen molar-refractivity contribution in [2.45, 2.75) is 13.0 Å². The molecule has 0 aromatic heterocycles. The Morgan fingerprint density at radius 3 is 3.00 bits per heavy atom. The topological polar surface area (TPSA) is 53.6 Å². The Bertz CT molecular complexity index is 462. The molecule has 0 aliphatic carbocycles. The van der Waals surface area contributed by atoms with Crippen LogP contribution in [0.25, 0.3) is 0 Å². The van der Waals surface area contributed by atoms with Crippen molar-refractivity contribution in [3.8, 4) is 5.75 Å². The number of carbonyl (C=O) groups excluding carboxylic acids is 1. The fraction of sp³-hybridized carbons (Fsp3) is 0.500. The number of carbonyl (C=O) groups is 1. The first-order valence-electron chi connectivity index (χ1n) is 6.48. The van der Waals surface area contributed by atoms with Crippen molar-refractivity contribution in [2.75, 3.05) is 39.1 Å². The van der Waals surface area contributed by atoms with E-state index in [4.69, 9.17) is 4.74 Å². The lowest BCUT2D eigenvalue weighted by Crippen LogP contribution is -2.54. The third-order valence-electron chi connectivity index (χ3n) is 3.43. The van der Waals surface area contributed by atoms with Crippen LogP contribution in [0.2, 0.25) is 0 Å². The van der Waals surface area contributed by atoms with Crippen molar-refractivity contribution in [3.63, 3.8) is 0 Å². The minimum absolute atomic E-state index is 0.00130. The minimum Gasteiger partial charge on any atom is -0.495 e. The smallest absolute Gasteiger partial charge is 0.243 e. The molecule has 1 aliphatic heterocycles. The molecule has 1 atom stereocenters. The first kappa shape index (κ1) is 13.8. The molecule has 0 spiro atoms. The highest BCUT2D eigenvalue weighted by Gasteiger charge is 2.26. The van der Waals surface area contributed by atoms with Gasteiger partial charge in [0, 0.05) is 19.6 Å². The van der Waals surface area contributed by atoms with Crippen LogP contribution < -0.4 is 15.4 Å². The van der Waals surface area contributed by atoms with E-state index >= 15 is 0 Å². The summed E-state index contributed by atoms with van der Waals surface area (Å²) < 4.78 is 5.27. The molecule has 5 nitrogen and oxygen atoms in total. The molecule has 1 unspecified atom stereocenters. The van der Waals surface area contributed by atoms with Gasteiger partial charge in [0.05, 0.1) is 12.8 Å². The van der Waals surface area contributed by atoms with Crippen LogP contribution >= 0.6 is 0 Å². The van der Waals surface area contributed by atoms with E-state index in [1.54, 1.807) is 7.11 Å². The number of benzene rings is 1. The van der Waals surface area contributed by atoms with E-state index in [1.165, 1.54) is 0 Å². The van der Waals surface area contributed by atoms with Crippen LogP contribution in [0.5, 0.6) is 5.75 Å². The Morgan fingerprint density at radius 2 is 2.32 bits per heavy atom. The largest absolute Gasteiger partial charge is 0.495 e. The summed E-state index contributed by atoms with van der Waals surface area (Å²) in [4.78, 5) is 14.4. The molecule has 2 rings (SSSR count). The van der Waals surface area contributed by atoms with Crippen molar-refractivity contribution < 1.29 is 9.53 Å². The van der Waals surface area contributed by atoms with E-state index in [1.807, 2.05) is 32.2 Å². The van der Waals surface area contributed by atoms with Gasteiger partial charge in [-0.1, -0.05) is 6.07 Å². The monoisotopic (exact) mass is 263 g/mol. The van der Waals surface area contributed by atoms with Crippen LogP contribution in [0.3, 0.4) is 0 Å². The molecule has 0 radical (unpaired) electrons. The average Bonchev–Trinajstić information content (AvgIpc) is 2.39. The second-order valence-electron chi connectivity index (χ2n) is 4.89. The molecule has 5 heteroatoms. The predicted octanol–water partition coefficient (Wildman–Crippen LogP) is 0.846. The lowest BCUT2D eigenvalue weighted by atomic mass is 10.1. The van der Waals surface area contributed by atoms with Gasteiger partial charge in [0.15, 0.2) is 0 Å². The van der Waals surface area contributed by atoms with Gasteiger partial charge < -0.3 is 15.4 Å². The number of piperazine rings is 1. The van der Waals surface area contributed by atoms with Gasteiger partial charge in [0.25, 0.3) is 0 Å². The minimum atomic E-state index is -0.140. The second kappa shape index (κ2) is 6.04. The van der Waals surface area contributed by atoms with Crippen LogP contribution in [-0.4, -0.2) is 50.6 Å². The van der Waals surface area contributed by atoms with Gasteiger partial charge >= 0.3 is 0 Å². The van der Waals surface area contributed by atoms with Gasteiger partial charge in [0.1, 0.15) is 11.8 Å². The number of hydrogen-bond donors (Lipinski definition) is 2. The molecule has 1 fully saturated rings. The van der Waals surface area contributed by atoms with Crippen molar-refractivity contribution in [1.29, 1.82) is 0 Å². The zero-order chi connectivity index (χ0) is 13.8. The number of nitrogens with one attached hydrogen (secondary N) is 2. The van der Waals surface area contributed by atoms with Gasteiger partial charge in [-0.25, -0.2) is 0 Å². The van der Waals surface area contributed by atoms with E-state index in [0.29, 0.717) is 12.3 Å². The first-order valence-corrected chi connectivity index (χ1v) is 6.48. The molecule has 19 heavy (non-hydrogen) atoms. The quantitative estimate of drug-likeness (QED) is 0.849. The van der Waals surface area contributed by atoms with Gasteiger partial charge in [-0.15, -0.1) is 0 Å². The predicted molar refractivity (Wildman–Crippen MR) is 75.6 cm³/mol. The summed E-state index contributed by atoms with van der Waals surface area (Å²) >= 11 is 0. The molecule has 1 saturated heterocycles. The normalized spacial score (nSPS) is 20.1. The lowest BCUT2D eigenvalue weighted by Gasteiger charge is -2.32. The third kappa shape index (κ3) is 3.24. The highest BCUT2D eigenvalue weighted by Crippen LogP contribution is 2.25. The van der Waals surface area contributed by atoms with Gasteiger partial charge in [-0.05, 0) is 31.7 Å². The van der Waals surface area contributed by atoms with Crippen molar-refractivity contribution in [1.82, 2.24) is 10.2 Å². The van der Waals surface area contributed by atoms with E-state index in [-0.39, 0.29) is 11.9 Å². The highest BCUT2D eigenvalue weighted by molar-refractivity contribution is 5.96. The van der Waals surface area contributed by atoms with Crippen LogP contribution in [0.4, 0.5) is 5.69 Å². The summed E-state index contributed by atoms with van der Waals surface area (Å²) in [6.45, 7) is 4.47. The second-order valence-corrected chi connectivity index (χ2v) is 4.89. The van der Waals surface area contributed by atoms with E-state index < -0.39 is 0 Å². The molecule has 0 bridgehead atoms. The first-order chi connectivity index (χ1) is 9.11. The van der Waals surface area contributed by atoms with Crippen molar-refractivity contribution in [3.05, 3.63) is 23.8 Å². The number of ether oxygens (including phenoxy) is 1.